The molecule has 5 nitrogen and oxygen atoms in total. The molecule has 2 aromatic rings. The lowest BCUT2D eigenvalue weighted by Gasteiger charge is -1.91. The van der Waals surface area contributed by atoms with E-state index in [0.29, 0.717) is 16.5 Å². The van der Waals surface area contributed by atoms with Gasteiger partial charge in [0.05, 0.1) is 5.69 Å². The van der Waals surface area contributed by atoms with Gasteiger partial charge in [-0.3, -0.25) is 4.98 Å². The van der Waals surface area contributed by atoms with Crippen LogP contribution in [-0.2, 0) is 0 Å². The summed E-state index contributed by atoms with van der Waals surface area (Å²) < 4.78 is 0. The maximum absolute atomic E-state index is 9.29. The van der Waals surface area contributed by atoms with Gasteiger partial charge >= 0.3 is 0 Å². The van der Waals surface area contributed by atoms with Crippen molar-refractivity contribution in [2.24, 2.45) is 5.11 Å². The second-order valence-corrected chi connectivity index (χ2v) is 2.66. The molecule has 2 rings (SSSR count). The molecule has 0 unspecified atom stereocenters. The van der Waals surface area contributed by atoms with E-state index in [1.165, 1.54) is 6.07 Å². The fourth-order valence-electron chi connectivity index (χ4n) is 1.25. The first-order valence-electron chi connectivity index (χ1n) is 3.63. The average molecular weight is 177 g/mol. The molecule has 0 radical (unpaired) electrons. The van der Waals surface area contributed by atoms with Crippen LogP contribution in [0, 0.1) is 5.53 Å². The van der Waals surface area contributed by atoms with Gasteiger partial charge in [-0.2, -0.15) is 5.11 Å². The molecule has 5 heteroatoms. The molecule has 0 atom stereocenters. The number of nitrogens with zero attached hydrogens (tertiary/aromatic N) is 1. The first-order valence-corrected chi connectivity index (χ1v) is 3.63. The molecule has 0 saturated heterocycles. The monoisotopic (exact) mass is 177 g/mol. The van der Waals surface area contributed by atoms with Crippen molar-refractivity contribution in [1.29, 1.82) is 5.53 Å². The van der Waals surface area contributed by atoms with E-state index in [0.717, 1.165) is 0 Å². The smallest absolute Gasteiger partial charge is 0.199 e. The van der Waals surface area contributed by atoms with Gasteiger partial charge in [0.1, 0.15) is 0 Å². The van der Waals surface area contributed by atoms with Crippen molar-refractivity contribution in [3.05, 3.63) is 18.2 Å². The Balaban J connectivity index is 2.83. The molecule has 0 aliphatic rings. The van der Waals surface area contributed by atoms with Gasteiger partial charge in [-0.15, -0.1) is 0 Å². The predicted molar refractivity (Wildman–Crippen MR) is 46.4 cm³/mol. The van der Waals surface area contributed by atoms with Gasteiger partial charge in [0.15, 0.2) is 11.8 Å². The minimum absolute atomic E-state index is 0.0796. The van der Waals surface area contributed by atoms with Crippen molar-refractivity contribution in [2.75, 3.05) is 0 Å². The van der Waals surface area contributed by atoms with Crippen LogP contribution in [0.3, 0.4) is 0 Å². The highest BCUT2D eigenvalue weighted by Gasteiger charge is 2.08. The maximum atomic E-state index is 9.29. The molecule has 1 aromatic heterocycles. The van der Waals surface area contributed by atoms with Crippen LogP contribution in [0.4, 0.5) is 5.69 Å². The predicted octanol–water partition coefficient (Wildman–Crippen LogP) is 2.24. The molecule has 4 N–H and O–H groups in total. The van der Waals surface area contributed by atoms with Crippen molar-refractivity contribution >= 4 is 16.5 Å². The van der Waals surface area contributed by atoms with Crippen molar-refractivity contribution < 1.29 is 10.2 Å². The van der Waals surface area contributed by atoms with Gasteiger partial charge < -0.3 is 10.2 Å². The number of fused-ring (bicyclic) bond motifs is 1. The number of nitrogens with one attached hydrogen (secondary N) is 2. The van der Waals surface area contributed by atoms with E-state index in [1.54, 1.807) is 12.1 Å². The summed E-state index contributed by atoms with van der Waals surface area (Å²) >= 11 is 0. The van der Waals surface area contributed by atoms with Crippen molar-refractivity contribution in [3.8, 4) is 11.8 Å². The molecule has 0 bridgehead atoms. The van der Waals surface area contributed by atoms with Crippen molar-refractivity contribution in [2.45, 2.75) is 0 Å². The first kappa shape index (κ1) is 7.60. The van der Waals surface area contributed by atoms with E-state index < -0.39 is 0 Å². The summed E-state index contributed by atoms with van der Waals surface area (Å²) in [5, 5.41) is 22.8. The lowest BCUT2D eigenvalue weighted by atomic mass is 10.2. The van der Waals surface area contributed by atoms with Gasteiger partial charge in [0.25, 0.3) is 0 Å². The van der Waals surface area contributed by atoms with Crippen LogP contribution in [0.2, 0.25) is 0 Å². The molecule has 66 valence electrons. The summed E-state index contributed by atoms with van der Waals surface area (Å²) in [5.74, 6) is -0.193. The molecule has 0 aliphatic carbocycles. The standard InChI is InChI=1S/C8H7N3O2/c9-11-4-1-2-5-6(3-4)8(13)10-7(5)12/h1-3,9-10,12-13H. The number of H-pyrrole nitrogens is 1. The third kappa shape index (κ3) is 1.01. The van der Waals surface area contributed by atoms with Crippen LogP contribution < -0.4 is 0 Å². The number of hydrogen-bond acceptors (Lipinski definition) is 4. The van der Waals surface area contributed by atoms with Gasteiger partial charge in [-0.25, -0.2) is 5.53 Å². The molecule has 1 heterocycles. The maximum Gasteiger partial charge on any atom is 0.199 e. The Morgan fingerprint density at radius 3 is 2.54 bits per heavy atom. The first-order chi connectivity index (χ1) is 6.22. The molecular formula is C8H7N3O2. The van der Waals surface area contributed by atoms with Crippen LogP contribution in [0.5, 0.6) is 11.8 Å². The SMILES string of the molecule is N=Nc1ccc2c(O)[nH]c(O)c2c1. The Hall–Kier alpha value is -2.04. The molecule has 0 aliphatic heterocycles. The van der Waals surface area contributed by atoms with Gasteiger partial charge in [-0.05, 0) is 18.2 Å². The van der Waals surface area contributed by atoms with Crippen LogP contribution in [-0.4, -0.2) is 15.2 Å². The number of rotatable bonds is 1. The molecule has 0 saturated carbocycles. The zero-order valence-electron chi connectivity index (χ0n) is 6.57. The Labute approximate surface area is 73.1 Å². The Kier molecular flexibility index (Phi) is 1.45. The second-order valence-electron chi connectivity index (χ2n) is 2.66. The van der Waals surface area contributed by atoms with Gasteiger partial charge in [0, 0.05) is 10.8 Å². The zero-order valence-corrected chi connectivity index (χ0v) is 6.57. The highest BCUT2D eigenvalue weighted by Crippen LogP contribution is 2.34. The molecule has 13 heavy (non-hydrogen) atoms. The summed E-state index contributed by atoms with van der Waals surface area (Å²) in [7, 11) is 0. The lowest BCUT2D eigenvalue weighted by Crippen LogP contribution is -1.65. The number of hydrogen-bond donors (Lipinski definition) is 4. The topological polar surface area (TPSA) is 92.5 Å². The van der Waals surface area contributed by atoms with Gasteiger partial charge in [0.2, 0.25) is 0 Å². The second kappa shape index (κ2) is 2.48. The minimum Gasteiger partial charge on any atom is -0.494 e. The van der Waals surface area contributed by atoms with E-state index in [2.05, 4.69) is 10.1 Å². The van der Waals surface area contributed by atoms with E-state index >= 15 is 0 Å². The van der Waals surface area contributed by atoms with E-state index in [4.69, 9.17) is 5.53 Å². The number of aromatic nitrogens is 1. The number of aromatic amines is 1. The highest BCUT2D eigenvalue weighted by atomic mass is 16.3. The summed E-state index contributed by atoms with van der Waals surface area (Å²) in [6, 6.07) is 4.70. The molecule has 1 aromatic carbocycles. The normalized spacial score (nSPS) is 10.5. The third-order valence-corrected chi connectivity index (χ3v) is 1.88. The molecular weight excluding hydrogens is 170 g/mol. The summed E-state index contributed by atoms with van der Waals surface area (Å²) in [6.45, 7) is 0. The van der Waals surface area contributed by atoms with Crippen LogP contribution in [0.25, 0.3) is 10.8 Å². The van der Waals surface area contributed by atoms with Crippen LogP contribution in [0.15, 0.2) is 23.3 Å². The summed E-state index contributed by atoms with van der Waals surface area (Å²) in [5.41, 5.74) is 7.20. The van der Waals surface area contributed by atoms with E-state index in [-0.39, 0.29) is 11.8 Å². The van der Waals surface area contributed by atoms with E-state index in [9.17, 15) is 10.2 Å². The highest BCUT2D eigenvalue weighted by molar-refractivity contribution is 5.94. The quantitative estimate of drug-likeness (QED) is 0.503. The Morgan fingerprint density at radius 1 is 1.15 bits per heavy atom. The minimum atomic E-state index is -0.113. The van der Waals surface area contributed by atoms with Gasteiger partial charge in [-0.1, -0.05) is 0 Å². The number of benzene rings is 1. The molecule has 0 fully saturated rings. The Bertz CT molecular complexity index is 475. The molecule has 0 spiro atoms. The summed E-state index contributed by atoms with van der Waals surface area (Å²) in [4.78, 5) is 2.37. The average Bonchev–Trinajstić information content (AvgIpc) is 2.42. The largest absolute Gasteiger partial charge is 0.494 e. The third-order valence-electron chi connectivity index (χ3n) is 1.88. The van der Waals surface area contributed by atoms with Crippen LogP contribution in [0.1, 0.15) is 0 Å². The number of aromatic hydroxyl groups is 2. The zero-order chi connectivity index (χ0) is 9.42. The fourth-order valence-corrected chi connectivity index (χ4v) is 1.25. The van der Waals surface area contributed by atoms with Crippen LogP contribution >= 0.6 is 0 Å². The van der Waals surface area contributed by atoms with E-state index in [1.807, 2.05) is 0 Å². The lowest BCUT2D eigenvalue weighted by molar-refractivity contribution is 0.429. The Morgan fingerprint density at radius 2 is 1.85 bits per heavy atom. The summed E-state index contributed by atoms with van der Waals surface area (Å²) in [6.07, 6.45) is 0. The molecule has 0 amide bonds. The van der Waals surface area contributed by atoms with Crippen molar-refractivity contribution in [1.82, 2.24) is 4.98 Å². The van der Waals surface area contributed by atoms with Crippen molar-refractivity contribution in [3.63, 3.8) is 0 Å². The fraction of sp³-hybridized carbons (Fsp3) is 0.